The number of nitrogens with one attached hydrogen (secondary N) is 1. The van der Waals surface area contributed by atoms with Crippen LogP contribution in [-0.4, -0.2) is 31.2 Å². The van der Waals surface area contributed by atoms with Crippen molar-refractivity contribution in [1.29, 1.82) is 0 Å². The van der Waals surface area contributed by atoms with E-state index in [1.807, 2.05) is 13.8 Å². The normalized spacial score (nSPS) is 10.2. The minimum absolute atomic E-state index is 0.0171. The van der Waals surface area contributed by atoms with E-state index in [-0.39, 0.29) is 28.7 Å². The van der Waals surface area contributed by atoms with E-state index in [9.17, 15) is 14.9 Å². The molecule has 0 amide bonds. The monoisotopic (exact) mass is 268 g/mol. The summed E-state index contributed by atoms with van der Waals surface area (Å²) in [4.78, 5) is 22.0. The summed E-state index contributed by atoms with van der Waals surface area (Å²) in [5.74, 6) is -0.430. The van der Waals surface area contributed by atoms with Gasteiger partial charge in [-0.2, -0.15) is 0 Å². The predicted molar refractivity (Wildman–Crippen MR) is 69.7 cm³/mol. The summed E-state index contributed by atoms with van der Waals surface area (Å²) < 4.78 is 9.65. The molecule has 0 heterocycles. The van der Waals surface area contributed by atoms with Gasteiger partial charge in [-0.3, -0.25) is 10.1 Å². The smallest absolute Gasteiger partial charge is 0.338 e. The zero-order valence-corrected chi connectivity index (χ0v) is 11.2. The van der Waals surface area contributed by atoms with Gasteiger partial charge in [-0.25, -0.2) is 4.79 Å². The third-order valence-electron chi connectivity index (χ3n) is 2.35. The number of ether oxygens (including phenoxy) is 2. The summed E-state index contributed by atoms with van der Waals surface area (Å²) in [6.07, 6.45) is 0. The number of nitrogens with zero attached hydrogens (tertiary/aromatic N) is 1. The Balaban J connectivity index is 3.44. The minimum atomic E-state index is -0.655. The lowest BCUT2D eigenvalue weighted by Gasteiger charge is -2.15. The van der Waals surface area contributed by atoms with Gasteiger partial charge < -0.3 is 14.8 Å². The van der Waals surface area contributed by atoms with E-state index >= 15 is 0 Å². The van der Waals surface area contributed by atoms with Gasteiger partial charge in [0.15, 0.2) is 5.69 Å². The van der Waals surface area contributed by atoms with Crippen LogP contribution in [0, 0.1) is 10.1 Å². The molecule has 0 saturated carbocycles. The summed E-state index contributed by atoms with van der Waals surface area (Å²) in [6, 6.07) is 2.55. The maximum absolute atomic E-state index is 11.5. The highest BCUT2D eigenvalue weighted by molar-refractivity contribution is 5.93. The molecule has 0 radical (unpaired) electrons. The molecule has 104 valence electrons. The SMILES string of the molecule is COC(=O)c1cc(OC)c(NC(C)C)c([N+](=O)[O-])c1. The number of benzene rings is 1. The Morgan fingerprint density at radius 1 is 1.37 bits per heavy atom. The van der Waals surface area contributed by atoms with Gasteiger partial charge in [-0.15, -0.1) is 0 Å². The highest BCUT2D eigenvalue weighted by atomic mass is 16.6. The molecular formula is C12H16N2O5. The lowest BCUT2D eigenvalue weighted by Crippen LogP contribution is -2.13. The summed E-state index contributed by atoms with van der Waals surface area (Å²) in [6.45, 7) is 3.69. The number of hydrogen-bond donors (Lipinski definition) is 1. The van der Waals surface area contributed by atoms with Crippen LogP contribution in [0.3, 0.4) is 0 Å². The Hall–Kier alpha value is -2.31. The lowest BCUT2D eigenvalue weighted by atomic mass is 10.1. The molecule has 19 heavy (non-hydrogen) atoms. The van der Waals surface area contributed by atoms with Gasteiger partial charge >= 0.3 is 5.97 Å². The van der Waals surface area contributed by atoms with Crippen LogP contribution in [0.4, 0.5) is 11.4 Å². The zero-order valence-electron chi connectivity index (χ0n) is 11.2. The van der Waals surface area contributed by atoms with Crippen LogP contribution in [0.2, 0.25) is 0 Å². The van der Waals surface area contributed by atoms with Crippen LogP contribution in [0.15, 0.2) is 12.1 Å². The van der Waals surface area contributed by atoms with Crippen molar-refractivity contribution in [3.8, 4) is 5.75 Å². The lowest BCUT2D eigenvalue weighted by molar-refractivity contribution is -0.384. The van der Waals surface area contributed by atoms with Gasteiger partial charge in [0.1, 0.15) is 5.75 Å². The van der Waals surface area contributed by atoms with Crippen LogP contribution in [0.5, 0.6) is 5.75 Å². The quantitative estimate of drug-likeness (QED) is 0.500. The van der Waals surface area contributed by atoms with Crippen molar-refractivity contribution in [2.75, 3.05) is 19.5 Å². The predicted octanol–water partition coefficient (Wildman–Crippen LogP) is 2.21. The first kappa shape index (κ1) is 14.7. The molecule has 7 heteroatoms. The molecule has 0 aliphatic rings. The van der Waals surface area contributed by atoms with E-state index in [1.165, 1.54) is 26.4 Å². The van der Waals surface area contributed by atoms with Crippen molar-refractivity contribution in [3.63, 3.8) is 0 Å². The van der Waals surface area contributed by atoms with Crippen LogP contribution < -0.4 is 10.1 Å². The standard InChI is InChI=1S/C12H16N2O5/c1-7(2)13-11-9(14(16)17)5-8(12(15)19-4)6-10(11)18-3/h5-7,13H,1-4H3. The van der Waals surface area contributed by atoms with Crippen LogP contribution in [0.1, 0.15) is 24.2 Å². The molecule has 0 spiro atoms. The first-order valence-corrected chi connectivity index (χ1v) is 5.62. The molecule has 0 aromatic heterocycles. The van der Waals surface area contributed by atoms with Crippen molar-refractivity contribution < 1.29 is 19.2 Å². The van der Waals surface area contributed by atoms with Crippen molar-refractivity contribution in [2.45, 2.75) is 19.9 Å². The maximum atomic E-state index is 11.5. The van der Waals surface area contributed by atoms with E-state index in [2.05, 4.69) is 10.1 Å². The number of nitro benzene ring substituents is 1. The number of anilines is 1. The number of carbonyl (C=O) groups excluding carboxylic acids is 1. The highest BCUT2D eigenvalue weighted by Crippen LogP contribution is 2.36. The topological polar surface area (TPSA) is 90.7 Å². The van der Waals surface area contributed by atoms with Gasteiger partial charge in [0.25, 0.3) is 5.69 Å². The van der Waals surface area contributed by atoms with Crippen molar-refractivity contribution in [1.82, 2.24) is 0 Å². The number of nitro groups is 1. The number of carbonyl (C=O) groups is 1. The van der Waals surface area contributed by atoms with Crippen molar-refractivity contribution in [3.05, 3.63) is 27.8 Å². The first-order valence-electron chi connectivity index (χ1n) is 5.62. The van der Waals surface area contributed by atoms with Crippen molar-refractivity contribution >= 4 is 17.3 Å². The molecule has 1 aromatic carbocycles. The number of methoxy groups -OCH3 is 2. The molecule has 0 unspecified atom stereocenters. The highest BCUT2D eigenvalue weighted by Gasteiger charge is 2.23. The van der Waals surface area contributed by atoms with Gasteiger partial charge in [-0.05, 0) is 19.9 Å². The first-order chi connectivity index (χ1) is 8.90. The fourth-order valence-electron chi connectivity index (χ4n) is 1.58. The van der Waals surface area contributed by atoms with Crippen LogP contribution >= 0.6 is 0 Å². The summed E-state index contributed by atoms with van der Waals surface area (Å²) in [5.41, 5.74) is 0.0870. The minimum Gasteiger partial charge on any atom is -0.494 e. The van der Waals surface area contributed by atoms with Gasteiger partial charge in [0.05, 0.1) is 24.7 Å². The van der Waals surface area contributed by atoms with Crippen LogP contribution in [-0.2, 0) is 4.74 Å². The maximum Gasteiger partial charge on any atom is 0.338 e. The molecule has 0 bridgehead atoms. The molecule has 0 saturated heterocycles. The van der Waals surface area contributed by atoms with Crippen molar-refractivity contribution in [2.24, 2.45) is 0 Å². The zero-order chi connectivity index (χ0) is 14.6. The third-order valence-corrected chi connectivity index (χ3v) is 2.35. The molecule has 1 rings (SSSR count). The molecule has 0 aliphatic heterocycles. The molecule has 0 aliphatic carbocycles. The Labute approximate surface area is 110 Å². The summed E-state index contributed by atoms with van der Waals surface area (Å²) in [7, 11) is 2.59. The molecular weight excluding hydrogens is 252 g/mol. The molecule has 1 aromatic rings. The van der Waals surface area contributed by atoms with Gasteiger partial charge in [-0.1, -0.05) is 0 Å². The summed E-state index contributed by atoms with van der Waals surface area (Å²) >= 11 is 0. The Bertz CT molecular complexity index is 499. The number of rotatable bonds is 5. The van der Waals surface area contributed by atoms with E-state index in [0.717, 1.165) is 0 Å². The second-order valence-electron chi connectivity index (χ2n) is 4.12. The van der Waals surface area contributed by atoms with E-state index in [0.29, 0.717) is 0 Å². The average Bonchev–Trinajstić information content (AvgIpc) is 2.36. The van der Waals surface area contributed by atoms with E-state index in [1.54, 1.807) is 0 Å². The average molecular weight is 268 g/mol. The second kappa shape index (κ2) is 6.03. The molecule has 7 nitrogen and oxygen atoms in total. The fraction of sp³-hybridized carbons (Fsp3) is 0.417. The fourth-order valence-corrected chi connectivity index (χ4v) is 1.58. The van der Waals surface area contributed by atoms with E-state index in [4.69, 9.17) is 4.74 Å². The summed E-state index contributed by atoms with van der Waals surface area (Å²) in [5, 5.41) is 14.0. The Kier molecular flexibility index (Phi) is 4.68. The van der Waals surface area contributed by atoms with Crippen LogP contribution in [0.25, 0.3) is 0 Å². The van der Waals surface area contributed by atoms with Gasteiger partial charge in [0.2, 0.25) is 0 Å². The number of hydrogen-bond acceptors (Lipinski definition) is 6. The van der Waals surface area contributed by atoms with E-state index < -0.39 is 10.9 Å². The van der Waals surface area contributed by atoms with Gasteiger partial charge in [0, 0.05) is 12.1 Å². The molecule has 1 N–H and O–H groups in total. The molecule has 0 atom stereocenters. The Morgan fingerprint density at radius 3 is 2.42 bits per heavy atom. The number of esters is 1. The second-order valence-corrected chi connectivity index (χ2v) is 4.12. The third kappa shape index (κ3) is 3.34. The Morgan fingerprint density at radius 2 is 2.00 bits per heavy atom. The largest absolute Gasteiger partial charge is 0.494 e. The molecule has 0 fully saturated rings.